The van der Waals surface area contributed by atoms with Crippen LogP contribution in [0, 0.1) is 0 Å². The van der Waals surface area contributed by atoms with Crippen LogP contribution >= 0.6 is 0 Å². The molecule has 108 valence electrons. The van der Waals surface area contributed by atoms with E-state index in [0.29, 0.717) is 13.1 Å². The number of rotatable bonds is 3. The molecule has 2 rings (SSSR count). The summed E-state index contributed by atoms with van der Waals surface area (Å²) in [6.45, 7) is 4.52. The molecule has 1 aliphatic heterocycles. The number of amides is 1. The predicted molar refractivity (Wildman–Crippen MR) is 68.9 cm³/mol. The van der Waals surface area contributed by atoms with Gasteiger partial charge < -0.3 is 14.4 Å². The van der Waals surface area contributed by atoms with Crippen molar-refractivity contribution in [2.75, 3.05) is 19.7 Å². The molecule has 0 aliphatic carbocycles. The first kappa shape index (κ1) is 14.4. The maximum absolute atomic E-state index is 12.0. The molecule has 7 nitrogen and oxygen atoms in total. The Kier molecular flexibility index (Phi) is 4.62. The summed E-state index contributed by atoms with van der Waals surface area (Å²) in [5, 5.41) is 0. The van der Waals surface area contributed by atoms with Crippen molar-refractivity contribution in [1.82, 2.24) is 14.9 Å². The van der Waals surface area contributed by atoms with Crippen molar-refractivity contribution in [3.8, 4) is 0 Å². The van der Waals surface area contributed by atoms with Gasteiger partial charge in [-0.3, -0.25) is 9.78 Å². The van der Waals surface area contributed by atoms with Gasteiger partial charge in [0.2, 0.25) is 0 Å². The summed E-state index contributed by atoms with van der Waals surface area (Å²) in [6.07, 6.45) is 4.12. The van der Waals surface area contributed by atoms with Crippen LogP contribution in [0.25, 0.3) is 0 Å². The summed E-state index contributed by atoms with van der Waals surface area (Å²) in [7, 11) is 0. The van der Waals surface area contributed by atoms with Crippen molar-refractivity contribution in [2.45, 2.75) is 26.1 Å². The molecule has 0 saturated carbocycles. The summed E-state index contributed by atoms with van der Waals surface area (Å²) in [6, 6.07) is 0. The van der Waals surface area contributed by atoms with E-state index >= 15 is 0 Å². The SMILES string of the molecule is CC1CN(C(=O)COC(=O)c2cnccn2)CC(C)O1. The summed E-state index contributed by atoms with van der Waals surface area (Å²) in [4.78, 5) is 32.8. The van der Waals surface area contributed by atoms with Crippen LogP contribution in [0.15, 0.2) is 18.6 Å². The number of ether oxygens (including phenoxy) is 2. The standard InChI is InChI=1S/C13H17N3O4/c1-9-6-16(7-10(2)20-9)12(17)8-19-13(18)11-5-14-3-4-15-11/h3-5,9-10H,6-8H2,1-2H3. The predicted octanol–water partition coefficient (Wildman–Crippen LogP) is 0.269. The number of esters is 1. The maximum Gasteiger partial charge on any atom is 0.359 e. The van der Waals surface area contributed by atoms with Gasteiger partial charge in [-0.05, 0) is 13.8 Å². The molecule has 1 aromatic rings. The molecular weight excluding hydrogens is 262 g/mol. The molecule has 0 N–H and O–H groups in total. The zero-order valence-electron chi connectivity index (χ0n) is 11.5. The smallest absolute Gasteiger partial charge is 0.359 e. The fourth-order valence-corrected chi connectivity index (χ4v) is 2.08. The third-order valence-electron chi connectivity index (χ3n) is 2.87. The minimum absolute atomic E-state index is 0.0154. The Labute approximate surface area is 116 Å². The molecule has 20 heavy (non-hydrogen) atoms. The van der Waals surface area contributed by atoms with Gasteiger partial charge in [-0.1, -0.05) is 0 Å². The topological polar surface area (TPSA) is 81.6 Å². The molecule has 0 radical (unpaired) electrons. The fraction of sp³-hybridized carbons (Fsp3) is 0.538. The third-order valence-corrected chi connectivity index (χ3v) is 2.87. The van der Waals surface area contributed by atoms with E-state index in [9.17, 15) is 9.59 Å². The Morgan fingerprint density at radius 2 is 2.05 bits per heavy atom. The first-order chi connectivity index (χ1) is 9.56. The minimum atomic E-state index is -0.652. The molecule has 0 bridgehead atoms. The minimum Gasteiger partial charge on any atom is -0.451 e. The highest BCUT2D eigenvalue weighted by atomic mass is 16.5. The van der Waals surface area contributed by atoms with Crippen LogP contribution in [0.2, 0.25) is 0 Å². The normalized spacial score (nSPS) is 22.4. The van der Waals surface area contributed by atoms with Crippen molar-refractivity contribution in [3.05, 3.63) is 24.3 Å². The number of carbonyl (C=O) groups is 2. The number of nitrogens with zero attached hydrogens (tertiary/aromatic N) is 3. The van der Waals surface area contributed by atoms with Crippen LogP contribution in [-0.4, -0.2) is 58.6 Å². The lowest BCUT2D eigenvalue weighted by molar-refractivity contribution is -0.146. The molecule has 2 heterocycles. The van der Waals surface area contributed by atoms with Gasteiger partial charge in [0.15, 0.2) is 12.3 Å². The molecule has 1 aromatic heterocycles. The molecule has 1 fully saturated rings. The van der Waals surface area contributed by atoms with Gasteiger partial charge in [0.05, 0.1) is 18.4 Å². The summed E-state index contributed by atoms with van der Waals surface area (Å²) < 4.78 is 10.5. The van der Waals surface area contributed by atoms with Gasteiger partial charge in [0.25, 0.3) is 5.91 Å². The molecule has 7 heteroatoms. The zero-order valence-corrected chi connectivity index (χ0v) is 11.5. The lowest BCUT2D eigenvalue weighted by Crippen LogP contribution is -2.49. The Morgan fingerprint density at radius 3 is 2.65 bits per heavy atom. The third kappa shape index (κ3) is 3.74. The van der Waals surface area contributed by atoms with E-state index in [1.807, 2.05) is 13.8 Å². The van der Waals surface area contributed by atoms with E-state index in [1.165, 1.54) is 18.6 Å². The van der Waals surface area contributed by atoms with Crippen LogP contribution in [-0.2, 0) is 14.3 Å². The molecule has 0 aromatic carbocycles. The van der Waals surface area contributed by atoms with Gasteiger partial charge in [-0.25, -0.2) is 9.78 Å². The van der Waals surface area contributed by atoms with Crippen molar-refractivity contribution < 1.29 is 19.1 Å². The molecule has 0 spiro atoms. The average molecular weight is 279 g/mol. The second kappa shape index (κ2) is 6.42. The van der Waals surface area contributed by atoms with Crippen LogP contribution < -0.4 is 0 Å². The van der Waals surface area contributed by atoms with Crippen molar-refractivity contribution in [1.29, 1.82) is 0 Å². The number of morpholine rings is 1. The summed E-state index contributed by atoms with van der Waals surface area (Å²) in [5.74, 6) is -0.884. The van der Waals surface area contributed by atoms with Crippen molar-refractivity contribution in [2.24, 2.45) is 0 Å². The molecular formula is C13H17N3O4. The van der Waals surface area contributed by atoms with Crippen LogP contribution in [0.3, 0.4) is 0 Å². The molecule has 2 atom stereocenters. The van der Waals surface area contributed by atoms with E-state index in [-0.39, 0.29) is 30.4 Å². The lowest BCUT2D eigenvalue weighted by Gasteiger charge is -2.35. The first-order valence-electron chi connectivity index (χ1n) is 6.42. The van der Waals surface area contributed by atoms with Gasteiger partial charge >= 0.3 is 5.97 Å². The number of hydrogen-bond acceptors (Lipinski definition) is 6. The quantitative estimate of drug-likeness (QED) is 0.739. The van der Waals surface area contributed by atoms with E-state index in [2.05, 4.69) is 9.97 Å². The van der Waals surface area contributed by atoms with Gasteiger partial charge in [-0.15, -0.1) is 0 Å². The van der Waals surface area contributed by atoms with Crippen LogP contribution in [0.1, 0.15) is 24.3 Å². The highest BCUT2D eigenvalue weighted by molar-refractivity contribution is 5.89. The number of carbonyl (C=O) groups excluding carboxylic acids is 2. The second-order valence-electron chi connectivity index (χ2n) is 4.72. The van der Waals surface area contributed by atoms with E-state index in [1.54, 1.807) is 4.90 Å². The Bertz CT molecular complexity index is 470. The van der Waals surface area contributed by atoms with Gasteiger partial charge in [0.1, 0.15) is 0 Å². The van der Waals surface area contributed by atoms with Gasteiger partial charge in [-0.2, -0.15) is 0 Å². The first-order valence-corrected chi connectivity index (χ1v) is 6.42. The number of aromatic nitrogens is 2. The Balaban J connectivity index is 1.84. The van der Waals surface area contributed by atoms with E-state index in [0.717, 1.165) is 0 Å². The van der Waals surface area contributed by atoms with Crippen LogP contribution in [0.5, 0.6) is 0 Å². The maximum atomic E-state index is 12.0. The number of hydrogen-bond donors (Lipinski definition) is 0. The Hall–Kier alpha value is -2.02. The van der Waals surface area contributed by atoms with Gasteiger partial charge in [0, 0.05) is 25.5 Å². The lowest BCUT2D eigenvalue weighted by atomic mass is 10.2. The van der Waals surface area contributed by atoms with Crippen molar-refractivity contribution >= 4 is 11.9 Å². The largest absolute Gasteiger partial charge is 0.451 e. The van der Waals surface area contributed by atoms with Crippen molar-refractivity contribution in [3.63, 3.8) is 0 Å². The molecule has 1 aliphatic rings. The molecule has 1 saturated heterocycles. The molecule has 2 unspecified atom stereocenters. The Morgan fingerprint density at radius 1 is 1.35 bits per heavy atom. The highest BCUT2D eigenvalue weighted by Crippen LogP contribution is 2.10. The van der Waals surface area contributed by atoms with Crippen LogP contribution in [0.4, 0.5) is 0 Å². The zero-order chi connectivity index (χ0) is 14.5. The molecule has 1 amide bonds. The fourth-order valence-electron chi connectivity index (χ4n) is 2.08. The van der Waals surface area contributed by atoms with E-state index < -0.39 is 5.97 Å². The monoisotopic (exact) mass is 279 g/mol. The second-order valence-corrected chi connectivity index (χ2v) is 4.72. The highest BCUT2D eigenvalue weighted by Gasteiger charge is 2.26. The van der Waals surface area contributed by atoms with E-state index in [4.69, 9.17) is 9.47 Å². The summed E-state index contributed by atoms with van der Waals surface area (Å²) in [5.41, 5.74) is 0.0870. The summed E-state index contributed by atoms with van der Waals surface area (Å²) >= 11 is 0. The average Bonchev–Trinajstić information content (AvgIpc) is 2.44.